The predicted molar refractivity (Wildman–Crippen MR) is 55.6 cm³/mol. The maximum Gasteiger partial charge on any atom is 0.211 e. The van der Waals surface area contributed by atoms with Crippen LogP contribution in [0.1, 0.15) is 25.7 Å². The molecule has 82 valence electrons. The Bertz CT molecular complexity index is 307. The lowest BCUT2D eigenvalue weighted by molar-refractivity contribution is 0.206. The number of sulfonamides is 1. The molecule has 0 aromatic heterocycles. The summed E-state index contributed by atoms with van der Waals surface area (Å²) in [7, 11) is -3.00. The number of hydrogen-bond acceptors (Lipinski definition) is 3. The van der Waals surface area contributed by atoms with Crippen molar-refractivity contribution in [2.45, 2.75) is 31.2 Å². The molecular formula is C9H18N2O2S. The standard InChI is InChI=1S/C9H18N2O2S/c1-14(12,13)11-7-3-5-9(8-11)4-2-6-10-9/h10H,2-8H2,1H3. The summed E-state index contributed by atoms with van der Waals surface area (Å²) in [4.78, 5) is 0. The maximum atomic E-state index is 11.4. The second-order valence-corrected chi connectivity index (χ2v) is 6.49. The van der Waals surface area contributed by atoms with E-state index in [1.54, 1.807) is 4.31 Å². The van der Waals surface area contributed by atoms with Crippen molar-refractivity contribution in [2.24, 2.45) is 0 Å². The number of nitrogens with zero attached hydrogens (tertiary/aromatic N) is 1. The molecule has 0 radical (unpaired) electrons. The minimum Gasteiger partial charge on any atom is -0.310 e. The SMILES string of the molecule is CS(=O)(=O)N1CCCC2(CCCN2)C1. The van der Waals surface area contributed by atoms with Crippen LogP contribution in [-0.4, -0.2) is 44.2 Å². The van der Waals surface area contributed by atoms with Crippen molar-refractivity contribution in [3.63, 3.8) is 0 Å². The molecule has 1 N–H and O–H groups in total. The second-order valence-electron chi connectivity index (χ2n) is 4.51. The van der Waals surface area contributed by atoms with Gasteiger partial charge in [-0.2, -0.15) is 0 Å². The summed E-state index contributed by atoms with van der Waals surface area (Å²) in [5.74, 6) is 0. The van der Waals surface area contributed by atoms with Crippen molar-refractivity contribution in [2.75, 3.05) is 25.9 Å². The smallest absolute Gasteiger partial charge is 0.211 e. The number of rotatable bonds is 1. The first-order chi connectivity index (χ1) is 6.52. The molecule has 0 aromatic rings. The van der Waals surface area contributed by atoms with E-state index in [9.17, 15) is 8.42 Å². The average molecular weight is 218 g/mol. The van der Waals surface area contributed by atoms with E-state index in [1.807, 2.05) is 0 Å². The van der Waals surface area contributed by atoms with E-state index in [-0.39, 0.29) is 5.54 Å². The van der Waals surface area contributed by atoms with Gasteiger partial charge in [0, 0.05) is 18.6 Å². The quantitative estimate of drug-likeness (QED) is 0.682. The largest absolute Gasteiger partial charge is 0.310 e. The Morgan fingerprint density at radius 3 is 2.57 bits per heavy atom. The summed E-state index contributed by atoms with van der Waals surface area (Å²) in [5, 5.41) is 3.47. The molecule has 0 aromatic carbocycles. The fraction of sp³-hybridized carbons (Fsp3) is 1.00. The van der Waals surface area contributed by atoms with Gasteiger partial charge in [-0.15, -0.1) is 0 Å². The average Bonchev–Trinajstić information content (AvgIpc) is 2.52. The Labute approximate surface area is 85.7 Å². The highest BCUT2D eigenvalue weighted by Gasteiger charge is 2.39. The molecule has 2 heterocycles. The number of piperidine rings is 1. The summed E-state index contributed by atoms with van der Waals surface area (Å²) in [5.41, 5.74) is 0.0985. The van der Waals surface area contributed by atoms with Gasteiger partial charge in [0.05, 0.1) is 6.26 Å². The maximum absolute atomic E-state index is 11.4. The molecule has 2 rings (SSSR count). The molecule has 2 aliphatic heterocycles. The van der Waals surface area contributed by atoms with E-state index in [0.717, 1.165) is 25.8 Å². The Morgan fingerprint density at radius 1 is 1.29 bits per heavy atom. The van der Waals surface area contributed by atoms with E-state index in [1.165, 1.54) is 12.7 Å². The molecule has 2 fully saturated rings. The zero-order valence-electron chi connectivity index (χ0n) is 8.62. The lowest BCUT2D eigenvalue weighted by atomic mass is 9.89. The van der Waals surface area contributed by atoms with Crippen molar-refractivity contribution in [3.8, 4) is 0 Å². The highest BCUT2D eigenvalue weighted by molar-refractivity contribution is 7.88. The fourth-order valence-corrected chi connectivity index (χ4v) is 3.53. The Balaban J connectivity index is 2.11. The first-order valence-corrected chi connectivity index (χ1v) is 7.07. The highest BCUT2D eigenvalue weighted by atomic mass is 32.2. The Kier molecular flexibility index (Phi) is 2.57. The minimum atomic E-state index is -3.00. The molecule has 0 bridgehead atoms. The van der Waals surface area contributed by atoms with Crippen molar-refractivity contribution >= 4 is 10.0 Å². The molecule has 0 aliphatic carbocycles. The van der Waals surface area contributed by atoms with Crippen LogP contribution in [0.3, 0.4) is 0 Å². The van der Waals surface area contributed by atoms with Crippen molar-refractivity contribution in [1.82, 2.24) is 9.62 Å². The zero-order chi connectivity index (χ0) is 10.2. The van der Waals surface area contributed by atoms with E-state index in [2.05, 4.69) is 5.32 Å². The fourth-order valence-electron chi connectivity index (χ4n) is 2.59. The van der Waals surface area contributed by atoms with Crippen molar-refractivity contribution < 1.29 is 8.42 Å². The van der Waals surface area contributed by atoms with E-state index >= 15 is 0 Å². The molecule has 1 spiro atoms. The van der Waals surface area contributed by atoms with Crippen LogP contribution < -0.4 is 5.32 Å². The highest BCUT2D eigenvalue weighted by Crippen LogP contribution is 2.30. The van der Waals surface area contributed by atoms with Crippen LogP contribution in [0.2, 0.25) is 0 Å². The molecule has 1 unspecified atom stereocenters. The monoisotopic (exact) mass is 218 g/mol. The van der Waals surface area contributed by atoms with Gasteiger partial charge in [0.2, 0.25) is 10.0 Å². The Hall–Kier alpha value is -0.130. The summed E-state index contributed by atoms with van der Waals surface area (Å²) < 4.78 is 24.5. The van der Waals surface area contributed by atoms with Crippen LogP contribution in [0.4, 0.5) is 0 Å². The van der Waals surface area contributed by atoms with Crippen molar-refractivity contribution in [1.29, 1.82) is 0 Å². The third-order valence-electron chi connectivity index (χ3n) is 3.34. The Morgan fingerprint density at radius 2 is 2.00 bits per heavy atom. The van der Waals surface area contributed by atoms with Crippen LogP contribution >= 0.6 is 0 Å². The van der Waals surface area contributed by atoms with Crippen LogP contribution in [0.25, 0.3) is 0 Å². The second kappa shape index (κ2) is 3.47. The van der Waals surface area contributed by atoms with Gasteiger partial charge in [-0.05, 0) is 32.2 Å². The first kappa shape index (κ1) is 10.4. The molecule has 2 saturated heterocycles. The third kappa shape index (κ3) is 1.94. The van der Waals surface area contributed by atoms with Crippen LogP contribution in [0, 0.1) is 0 Å². The molecule has 5 heteroatoms. The summed E-state index contributed by atoms with van der Waals surface area (Å²) >= 11 is 0. The summed E-state index contributed by atoms with van der Waals surface area (Å²) in [6, 6.07) is 0. The van der Waals surface area contributed by atoms with Gasteiger partial charge in [0.1, 0.15) is 0 Å². The van der Waals surface area contributed by atoms with Crippen molar-refractivity contribution in [3.05, 3.63) is 0 Å². The van der Waals surface area contributed by atoms with Gasteiger partial charge in [-0.1, -0.05) is 0 Å². The number of hydrogen-bond donors (Lipinski definition) is 1. The normalized spacial score (nSPS) is 35.2. The lowest BCUT2D eigenvalue weighted by Gasteiger charge is -2.39. The molecule has 0 saturated carbocycles. The topological polar surface area (TPSA) is 49.4 Å². The summed E-state index contributed by atoms with van der Waals surface area (Å²) in [6.07, 6.45) is 5.72. The zero-order valence-corrected chi connectivity index (χ0v) is 9.44. The van der Waals surface area contributed by atoms with Crippen LogP contribution in [0.15, 0.2) is 0 Å². The molecule has 0 amide bonds. The first-order valence-electron chi connectivity index (χ1n) is 5.22. The molecular weight excluding hydrogens is 200 g/mol. The molecule has 14 heavy (non-hydrogen) atoms. The van der Waals surface area contributed by atoms with Crippen LogP contribution in [-0.2, 0) is 10.0 Å². The number of nitrogens with one attached hydrogen (secondary N) is 1. The van der Waals surface area contributed by atoms with E-state index in [4.69, 9.17) is 0 Å². The van der Waals surface area contributed by atoms with Gasteiger partial charge in [-0.25, -0.2) is 12.7 Å². The molecule has 4 nitrogen and oxygen atoms in total. The predicted octanol–water partition coefficient (Wildman–Crippen LogP) is 0.164. The van der Waals surface area contributed by atoms with Gasteiger partial charge in [-0.3, -0.25) is 0 Å². The van der Waals surface area contributed by atoms with E-state index < -0.39 is 10.0 Å². The van der Waals surface area contributed by atoms with Gasteiger partial charge in [0.15, 0.2) is 0 Å². The van der Waals surface area contributed by atoms with Gasteiger partial charge < -0.3 is 5.32 Å². The van der Waals surface area contributed by atoms with Gasteiger partial charge >= 0.3 is 0 Å². The third-order valence-corrected chi connectivity index (χ3v) is 4.59. The van der Waals surface area contributed by atoms with Crippen LogP contribution in [0.5, 0.6) is 0 Å². The lowest BCUT2D eigenvalue weighted by Crippen LogP contribution is -2.54. The van der Waals surface area contributed by atoms with Gasteiger partial charge in [0.25, 0.3) is 0 Å². The molecule has 2 aliphatic rings. The van der Waals surface area contributed by atoms with E-state index in [0.29, 0.717) is 13.1 Å². The minimum absolute atomic E-state index is 0.0985. The molecule has 1 atom stereocenters. The summed E-state index contributed by atoms with van der Waals surface area (Å²) in [6.45, 7) is 2.41.